The molecule has 4 heteroatoms. The van der Waals surface area contributed by atoms with Gasteiger partial charge in [-0.15, -0.1) is 0 Å². The summed E-state index contributed by atoms with van der Waals surface area (Å²) >= 11 is 2.05. The van der Waals surface area contributed by atoms with E-state index in [2.05, 4.69) is 16.7 Å². The van der Waals surface area contributed by atoms with Crippen molar-refractivity contribution in [1.82, 2.24) is 4.90 Å². The summed E-state index contributed by atoms with van der Waals surface area (Å²) in [5.74, 6) is 2.55. The van der Waals surface area contributed by atoms with Crippen LogP contribution in [-0.4, -0.2) is 47.8 Å². The number of rotatable bonds is 2. The van der Waals surface area contributed by atoms with Crippen LogP contribution in [0.2, 0.25) is 0 Å². The molecule has 2 aliphatic heterocycles. The Hall–Kier alpha value is 0.200. The van der Waals surface area contributed by atoms with Gasteiger partial charge in [0.05, 0.1) is 0 Å². The highest BCUT2D eigenvalue weighted by Crippen LogP contribution is 2.29. The van der Waals surface area contributed by atoms with E-state index in [0.717, 1.165) is 19.5 Å². The topological polar surface area (TPSA) is 29.3 Å². The van der Waals surface area contributed by atoms with Gasteiger partial charge in [-0.05, 0) is 50.2 Å². The van der Waals surface area contributed by atoms with Crippen molar-refractivity contribution in [2.24, 2.45) is 5.73 Å². The molecule has 0 amide bonds. The van der Waals surface area contributed by atoms with Gasteiger partial charge in [-0.25, -0.2) is 4.39 Å². The third-order valence-corrected chi connectivity index (χ3v) is 5.04. The molecule has 0 aromatic rings. The lowest BCUT2D eigenvalue weighted by Crippen LogP contribution is -2.40. The molecule has 2 aliphatic rings. The van der Waals surface area contributed by atoms with Crippen molar-refractivity contribution in [3.05, 3.63) is 0 Å². The molecule has 94 valence electrons. The van der Waals surface area contributed by atoms with Gasteiger partial charge in [0, 0.05) is 19.1 Å². The molecule has 0 bridgehead atoms. The second-order valence-electron chi connectivity index (χ2n) is 5.09. The van der Waals surface area contributed by atoms with Crippen molar-refractivity contribution in [2.75, 3.05) is 31.1 Å². The average Bonchev–Trinajstić information content (AvgIpc) is 2.53. The van der Waals surface area contributed by atoms with E-state index in [1.165, 1.54) is 24.3 Å². The molecule has 2 rings (SSSR count). The first kappa shape index (κ1) is 12.7. The Morgan fingerprint density at radius 1 is 1.25 bits per heavy atom. The molecule has 0 aromatic carbocycles. The Bertz CT molecular complexity index is 221. The van der Waals surface area contributed by atoms with E-state index in [0.29, 0.717) is 18.9 Å². The second kappa shape index (κ2) is 5.69. The minimum atomic E-state index is -1.09. The summed E-state index contributed by atoms with van der Waals surface area (Å²) in [5, 5.41) is 0. The number of nitrogens with two attached hydrogens (primary N) is 1. The van der Waals surface area contributed by atoms with E-state index in [1.807, 2.05) is 0 Å². The summed E-state index contributed by atoms with van der Waals surface area (Å²) in [6.45, 7) is 2.17. The first-order chi connectivity index (χ1) is 7.73. The molecular formula is C12H23FN2S. The van der Waals surface area contributed by atoms with E-state index in [-0.39, 0.29) is 6.54 Å². The fraction of sp³-hybridized carbons (Fsp3) is 1.00. The molecule has 16 heavy (non-hydrogen) atoms. The fourth-order valence-electron chi connectivity index (χ4n) is 2.80. The van der Waals surface area contributed by atoms with Gasteiger partial charge < -0.3 is 10.6 Å². The molecule has 2 saturated heterocycles. The molecular weight excluding hydrogens is 223 g/mol. The van der Waals surface area contributed by atoms with Crippen LogP contribution in [0.5, 0.6) is 0 Å². The molecule has 2 fully saturated rings. The van der Waals surface area contributed by atoms with E-state index in [4.69, 9.17) is 5.73 Å². The van der Waals surface area contributed by atoms with E-state index in [9.17, 15) is 4.39 Å². The van der Waals surface area contributed by atoms with Crippen molar-refractivity contribution in [2.45, 2.75) is 43.8 Å². The Labute approximate surface area is 102 Å². The molecule has 0 spiro atoms. The minimum absolute atomic E-state index is 0.196. The van der Waals surface area contributed by atoms with Crippen molar-refractivity contribution in [3.8, 4) is 0 Å². The van der Waals surface area contributed by atoms with E-state index < -0.39 is 5.67 Å². The van der Waals surface area contributed by atoms with E-state index in [1.54, 1.807) is 0 Å². The van der Waals surface area contributed by atoms with Crippen LogP contribution in [0.4, 0.5) is 4.39 Å². The van der Waals surface area contributed by atoms with Gasteiger partial charge in [0.25, 0.3) is 0 Å². The number of alkyl halides is 1. The summed E-state index contributed by atoms with van der Waals surface area (Å²) in [6.07, 6.45) is 4.82. The molecule has 1 atom stereocenters. The van der Waals surface area contributed by atoms with Crippen LogP contribution in [0.3, 0.4) is 0 Å². The summed E-state index contributed by atoms with van der Waals surface area (Å²) in [6, 6.07) is 0.710. The summed E-state index contributed by atoms with van der Waals surface area (Å²) in [4.78, 5) is 2.51. The van der Waals surface area contributed by atoms with Gasteiger partial charge in [0.15, 0.2) is 0 Å². The Balaban J connectivity index is 1.87. The van der Waals surface area contributed by atoms with Gasteiger partial charge in [-0.2, -0.15) is 11.8 Å². The quantitative estimate of drug-likeness (QED) is 0.808. The number of hydrogen-bond acceptors (Lipinski definition) is 3. The number of nitrogens with zero attached hydrogens (tertiary/aromatic N) is 1. The van der Waals surface area contributed by atoms with Gasteiger partial charge in [0.1, 0.15) is 5.67 Å². The van der Waals surface area contributed by atoms with Gasteiger partial charge in [-0.3, -0.25) is 0 Å². The predicted molar refractivity (Wildman–Crippen MR) is 68.7 cm³/mol. The summed E-state index contributed by atoms with van der Waals surface area (Å²) in [5.41, 5.74) is 4.45. The second-order valence-corrected chi connectivity index (χ2v) is 6.31. The first-order valence-electron chi connectivity index (χ1n) is 6.44. The highest BCUT2D eigenvalue weighted by molar-refractivity contribution is 7.99. The minimum Gasteiger partial charge on any atom is -0.328 e. The average molecular weight is 246 g/mol. The van der Waals surface area contributed by atoms with Crippen LogP contribution in [0, 0.1) is 0 Å². The molecule has 0 aliphatic carbocycles. The van der Waals surface area contributed by atoms with Crippen LogP contribution in [0.15, 0.2) is 0 Å². The van der Waals surface area contributed by atoms with Crippen molar-refractivity contribution < 1.29 is 4.39 Å². The normalized spacial score (nSPS) is 34.9. The summed E-state index contributed by atoms with van der Waals surface area (Å²) in [7, 11) is 0. The van der Waals surface area contributed by atoms with Gasteiger partial charge in [-0.1, -0.05) is 0 Å². The Kier molecular flexibility index (Phi) is 4.50. The maximum atomic E-state index is 14.1. The monoisotopic (exact) mass is 246 g/mol. The van der Waals surface area contributed by atoms with Crippen LogP contribution < -0.4 is 5.73 Å². The molecule has 0 radical (unpaired) electrons. The van der Waals surface area contributed by atoms with Crippen molar-refractivity contribution in [1.29, 1.82) is 0 Å². The van der Waals surface area contributed by atoms with Crippen LogP contribution in [0.25, 0.3) is 0 Å². The fourth-order valence-corrected chi connectivity index (χ4v) is 3.88. The van der Waals surface area contributed by atoms with Crippen molar-refractivity contribution >= 4 is 11.8 Å². The lowest BCUT2D eigenvalue weighted by molar-refractivity contribution is 0.137. The predicted octanol–water partition coefficient (Wildman–Crippen LogP) is 2.03. The zero-order chi connectivity index (χ0) is 11.4. The number of hydrogen-bond donors (Lipinski definition) is 1. The summed E-state index contributed by atoms with van der Waals surface area (Å²) < 4.78 is 14.1. The molecule has 0 aromatic heterocycles. The zero-order valence-electron chi connectivity index (χ0n) is 9.96. The number of halogens is 1. The van der Waals surface area contributed by atoms with Crippen LogP contribution >= 0.6 is 11.8 Å². The maximum absolute atomic E-state index is 14.1. The third-order valence-electron chi connectivity index (χ3n) is 3.99. The SMILES string of the molecule is NCC1(F)CCCN(C2CCSCC2)CC1. The lowest BCUT2D eigenvalue weighted by Gasteiger charge is -2.33. The Morgan fingerprint density at radius 2 is 2.00 bits per heavy atom. The lowest BCUT2D eigenvalue weighted by atomic mass is 9.97. The van der Waals surface area contributed by atoms with Crippen LogP contribution in [0.1, 0.15) is 32.1 Å². The first-order valence-corrected chi connectivity index (χ1v) is 7.60. The highest BCUT2D eigenvalue weighted by Gasteiger charge is 2.33. The number of likely N-dealkylation sites (tertiary alicyclic amines) is 1. The Morgan fingerprint density at radius 3 is 2.69 bits per heavy atom. The van der Waals surface area contributed by atoms with Gasteiger partial charge in [0.2, 0.25) is 0 Å². The largest absolute Gasteiger partial charge is 0.328 e. The third kappa shape index (κ3) is 3.11. The van der Waals surface area contributed by atoms with Crippen LogP contribution in [-0.2, 0) is 0 Å². The van der Waals surface area contributed by atoms with E-state index >= 15 is 0 Å². The molecule has 2 heterocycles. The van der Waals surface area contributed by atoms with Crippen molar-refractivity contribution in [3.63, 3.8) is 0 Å². The smallest absolute Gasteiger partial charge is 0.124 e. The highest BCUT2D eigenvalue weighted by atomic mass is 32.2. The molecule has 1 unspecified atom stereocenters. The standard InChI is InChI=1S/C12H23FN2S/c13-12(10-14)4-1-6-15(7-5-12)11-2-8-16-9-3-11/h11H,1-10,14H2. The molecule has 0 saturated carbocycles. The van der Waals surface area contributed by atoms with Gasteiger partial charge >= 0.3 is 0 Å². The zero-order valence-corrected chi connectivity index (χ0v) is 10.8. The number of thioether (sulfide) groups is 1. The molecule has 2 N–H and O–H groups in total. The maximum Gasteiger partial charge on any atom is 0.124 e. The molecule has 2 nitrogen and oxygen atoms in total.